The highest BCUT2D eigenvalue weighted by Gasteiger charge is 2.10. The molecule has 0 saturated carbocycles. The molecule has 52 heavy (non-hydrogen) atoms. The Morgan fingerprint density at radius 3 is 1.04 bits per heavy atom. The van der Waals surface area contributed by atoms with Crippen molar-refractivity contribution in [2.24, 2.45) is 0 Å². The van der Waals surface area contributed by atoms with Crippen molar-refractivity contribution in [2.45, 2.75) is 89.9 Å². The van der Waals surface area contributed by atoms with E-state index in [-0.39, 0.29) is 0 Å². The normalized spacial score (nSPS) is 11.8. The van der Waals surface area contributed by atoms with Gasteiger partial charge in [-0.25, -0.2) is 0 Å². The summed E-state index contributed by atoms with van der Waals surface area (Å²) in [7, 11) is 4.64. The molecule has 0 unspecified atom stereocenters. The van der Waals surface area contributed by atoms with E-state index in [1.54, 1.807) is 0 Å². The zero-order valence-corrected chi connectivity index (χ0v) is 36.1. The summed E-state index contributed by atoms with van der Waals surface area (Å²) in [5.74, 6) is 0. The number of unbranched alkanes of at least 4 members (excludes halogenated alkanes) is 9. The average molecular weight is 805 g/mol. The molecule has 0 aromatic carbocycles. The van der Waals surface area contributed by atoms with Gasteiger partial charge >= 0.3 is 0 Å². The molecule has 278 valence electrons. The van der Waals surface area contributed by atoms with Gasteiger partial charge in [0.1, 0.15) is 0 Å². The van der Waals surface area contributed by atoms with E-state index in [0.717, 1.165) is 0 Å². The van der Waals surface area contributed by atoms with Crippen LogP contribution >= 0.6 is 68.0 Å². The molecule has 2 nitrogen and oxygen atoms in total. The Bertz CT molecular complexity index is 1670. The third kappa shape index (κ3) is 12.9. The first-order valence-corrected chi connectivity index (χ1v) is 24.5. The molecule has 0 aliphatic rings. The Labute approximate surface area is 337 Å². The molecule has 6 heterocycles. The minimum absolute atomic E-state index is 1.23. The van der Waals surface area contributed by atoms with Crippen LogP contribution in [-0.2, 0) is 12.8 Å². The Balaban J connectivity index is 0.710. The highest BCUT2D eigenvalue weighted by molar-refractivity contribution is 7.26. The van der Waals surface area contributed by atoms with Crippen LogP contribution in [0.4, 0.5) is 0 Å². The van der Waals surface area contributed by atoms with Gasteiger partial charge < -0.3 is 9.80 Å². The quantitative estimate of drug-likeness (QED) is 0.0532. The van der Waals surface area contributed by atoms with E-state index in [2.05, 4.69) is 107 Å². The van der Waals surface area contributed by atoms with Gasteiger partial charge in [-0.2, -0.15) is 0 Å². The second kappa shape index (κ2) is 21.9. The van der Waals surface area contributed by atoms with Gasteiger partial charge in [0.15, 0.2) is 0 Å². The van der Waals surface area contributed by atoms with Crippen LogP contribution in [0, 0.1) is 0 Å². The Morgan fingerprint density at radius 2 is 0.673 bits per heavy atom. The summed E-state index contributed by atoms with van der Waals surface area (Å²) in [4.78, 5) is 19.4. The number of hydrogen-bond acceptors (Lipinski definition) is 8. The van der Waals surface area contributed by atoms with Gasteiger partial charge in [-0.3, -0.25) is 0 Å². The lowest BCUT2D eigenvalue weighted by Crippen LogP contribution is -2.22. The summed E-state index contributed by atoms with van der Waals surface area (Å²) >= 11 is 11.5. The highest BCUT2D eigenvalue weighted by atomic mass is 32.1. The van der Waals surface area contributed by atoms with Crippen LogP contribution in [0.3, 0.4) is 0 Å². The monoisotopic (exact) mass is 804 g/mol. The maximum absolute atomic E-state index is 2.56. The van der Waals surface area contributed by atoms with Crippen molar-refractivity contribution in [3.05, 3.63) is 93.3 Å². The molecule has 6 rings (SSSR count). The molecule has 0 saturated heterocycles. The molecule has 0 atom stereocenters. The maximum atomic E-state index is 2.56. The van der Waals surface area contributed by atoms with Gasteiger partial charge in [0.25, 0.3) is 0 Å². The Morgan fingerprint density at radius 1 is 0.346 bits per heavy atom. The second-order valence-corrected chi connectivity index (χ2v) is 20.6. The molecule has 6 aromatic heterocycles. The number of nitrogens with zero attached hydrogens (tertiary/aromatic N) is 2. The number of rotatable bonds is 25. The Hall–Kier alpha value is -1.88. The third-order valence-corrected chi connectivity index (χ3v) is 16.8. The predicted octanol–water partition coefficient (Wildman–Crippen LogP) is 15.1. The van der Waals surface area contributed by atoms with Crippen LogP contribution in [0.15, 0.2) is 83.6 Å². The van der Waals surface area contributed by atoms with E-state index in [4.69, 9.17) is 0 Å². The molecule has 0 aliphatic carbocycles. The van der Waals surface area contributed by atoms with Gasteiger partial charge in [-0.05, 0) is 163 Å². The SMILES string of the molecule is CN(CCCCCCc1ccc(-c2ccc(-c3cccs3)s2)s1)CCCCCCN(C)CCCCCCc1ccc(-c2ccc(-c3cccs3)s2)s1. The van der Waals surface area contributed by atoms with Crippen LogP contribution in [0.1, 0.15) is 86.8 Å². The summed E-state index contributed by atoms with van der Waals surface area (Å²) in [5.41, 5.74) is 0. The van der Waals surface area contributed by atoms with Gasteiger partial charge in [0, 0.05) is 48.8 Å². The first-order valence-electron chi connectivity index (χ1n) is 19.4. The summed E-state index contributed by atoms with van der Waals surface area (Å²) in [6.07, 6.45) is 18.6. The molecular weight excluding hydrogens is 749 g/mol. The molecule has 6 aromatic rings. The predicted molar refractivity (Wildman–Crippen MR) is 240 cm³/mol. The van der Waals surface area contributed by atoms with E-state index in [1.165, 1.54) is 165 Å². The van der Waals surface area contributed by atoms with Crippen LogP contribution < -0.4 is 0 Å². The third-order valence-electron chi connectivity index (χ3n) is 9.80. The van der Waals surface area contributed by atoms with Crippen molar-refractivity contribution in [1.82, 2.24) is 9.80 Å². The zero-order chi connectivity index (χ0) is 35.8. The highest BCUT2D eigenvalue weighted by Crippen LogP contribution is 2.40. The van der Waals surface area contributed by atoms with E-state index in [0.29, 0.717) is 0 Å². The van der Waals surface area contributed by atoms with E-state index in [1.807, 2.05) is 68.0 Å². The molecule has 0 aliphatic heterocycles. The summed E-state index contributed by atoms with van der Waals surface area (Å²) in [6.45, 7) is 5.00. The van der Waals surface area contributed by atoms with Gasteiger partial charge in [0.2, 0.25) is 0 Å². The van der Waals surface area contributed by atoms with Crippen LogP contribution in [0.5, 0.6) is 0 Å². The van der Waals surface area contributed by atoms with Gasteiger partial charge in [-0.1, -0.05) is 50.7 Å². The van der Waals surface area contributed by atoms with Gasteiger partial charge in [0.05, 0.1) is 0 Å². The lowest BCUT2D eigenvalue weighted by Gasteiger charge is -2.17. The molecule has 0 N–H and O–H groups in total. The average Bonchev–Trinajstić information content (AvgIpc) is 3.99. The van der Waals surface area contributed by atoms with Crippen molar-refractivity contribution >= 4 is 68.0 Å². The topological polar surface area (TPSA) is 6.48 Å². The smallest absolute Gasteiger partial charge is 0.0449 e. The van der Waals surface area contributed by atoms with Crippen molar-refractivity contribution in [3.8, 4) is 39.0 Å². The summed E-state index contributed by atoms with van der Waals surface area (Å²) < 4.78 is 0. The van der Waals surface area contributed by atoms with Crippen molar-refractivity contribution in [3.63, 3.8) is 0 Å². The summed E-state index contributed by atoms with van der Waals surface area (Å²) in [6, 6.07) is 27.2. The lowest BCUT2D eigenvalue weighted by atomic mass is 10.1. The minimum Gasteiger partial charge on any atom is -0.306 e. The van der Waals surface area contributed by atoms with Crippen molar-refractivity contribution < 1.29 is 0 Å². The van der Waals surface area contributed by atoms with Crippen LogP contribution in [0.25, 0.3) is 39.0 Å². The molecule has 0 amide bonds. The molecular formula is C44H56N2S6. The number of aryl methyl sites for hydroxylation is 2. The van der Waals surface area contributed by atoms with Crippen molar-refractivity contribution in [1.29, 1.82) is 0 Å². The molecule has 0 spiro atoms. The number of thiophene rings is 6. The lowest BCUT2D eigenvalue weighted by molar-refractivity contribution is 0.301. The molecule has 0 bridgehead atoms. The fourth-order valence-electron chi connectivity index (χ4n) is 6.74. The zero-order valence-electron chi connectivity index (χ0n) is 31.2. The van der Waals surface area contributed by atoms with Crippen LogP contribution in [-0.4, -0.2) is 50.1 Å². The minimum atomic E-state index is 1.23. The molecule has 0 fully saturated rings. The maximum Gasteiger partial charge on any atom is 0.0449 e. The fourth-order valence-corrected chi connectivity index (χ4v) is 12.7. The fraction of sp³-hybridized carbons (Fsp3) is 0.455. The Kier molecular flexibility index (Phi) is 16.7. The first kappa shape index (κ1) is 39.8. The molecule has 0 radical (unpaired) electrons. The first-order chi connectivity index (χ1) is 25.6. The molecule has 8 heteroatoms. The van der Waals surface area contributed by atoms with Crippen LogP contribution in [0.2, 0.25) is 0 Å². The van der Waals surface area contributed by atoms with E-state index in [9.17, 15) is 0 Å². The number of hydrogen-bond donors (Lipinski definition) is 0. The van der Waals surface area contributed by atoms with E-state index >= 15 is 0 Å². The second-order valence-electron chi connectivity index (χ2n) is 14.2. The summed E-state index contributed by atoms with van der Waals surface area (Å²) in [5, 5.41) is 4.33. The van der Waals surface area contributed by atoms with Crippen molar-refractivity contribution in [2.75, 3.05) is 40.3 Å². The largest absolute Gasteiger partial charge is 0.306 e. The van der Waals surface area contributed by atoms with E-state index < -0.39 is 0 Å². The standard InChI is InChI=1S/C44H56N2S6/c1-45(29-11-5-3-9-17-35-21-23-41(49-35)43-27-25-39(51-43)37-19-15-33-47-37)31-13-7-8-14-32-46(2)30-12-6-4-10-18-36-22-24-42(50-36)44-28-26-40(52-44)38-20-16-34-48-38/h15-16,19-28,33-34H,3-14,17-18,29-32H2,1-2H3. The van der Waals surface area contributed by atoms with Gasteiger partial charge in [-0.15, -0.1) is 68.0 Å².